The van der Waals surface area contributed by atoms with Crippen molar-refractivity contribution >= 4 is 29.0 Å². The maximum absolute atomic E-state index is 13.5. The van der Waals surface area contributed by atoms with Crippen LogP contribution in [0.15, 0.2) is 60.8 Å². The predicted octanol–water partition coefficient (Wildman–Crippen LogP) is 4.67. The lowest BCUT2D eigenvalue weighted by atomic mass is 10.1. The fourth-order valence-corrected chi connectivity index (χ4v) is 4.86. The number of amides is 1. The molecule has 1 amide bonds. The Balaban J connectivity index is 1.29. The largest absolute Gasteiger partial charge is 0.486 e. The number of halogens is 1. The Morgan fingerprint density at radius 1 is 1.03 bits per heavy atom. The monoisotopic (exact) mass is 506 g/mol. The van der Waals surface area contributed by atoms with E-state index in [1.165, 1.54) is 0 Å². The van der Waals surface area contributed by atoms with Crippen LogP contribution in [0, 0.1) is 6.92 Å². The van der Waals surface area contributed by atoms with Crippen LogP contribution in [0.1, 0.15) is 22.8 Å². The Bertz CT molecular complexity index is 1190. The van der Waals surface area contributed by atoms with Crippen LogP contribution in [0.5, 0.6) is 11.5 Å². The molecule has 0 N–H and O–H groups in total. The molecule has 0 aliphatic carbocycles. The van der Waals surface area contributed by atoms with Crippen LogP contribution < -0.4 is 19.3 Å². The average Bonchev–Trinajstić information content (AvgIpc) is 2.92. The number of carbonyl (C=O) groups is 1. The molecule has 1 saturated heterocycles. The van der Waals surface area contributed by atoms with Crippen molar-refractivity contribution in [1.82, 2.24) is 9.88 Å². The lowest BCUT2D eigenvalue weighted by molar-refractivity contribution is 0.0973. The number of hydrogen-bond donors (Lipinski definition) is 0. The molecule has 188 valence electrons. The number of anilines is 2. The van der Waals surface area contributed by atoms with Crippen molar-refractivity contribution in [2.75, 3.05) is 55.7 Å². The van der Waals surface area contributed by atoms with Gasteiger partial charge in [-0.2, -0.15) is 0 Å². The first-order chi connectivity index (χ1) is 17.5. The molecule has 0 spiro atoms. The highest BCUT2D eigenvalue weighted by molar-refractivity contribution is 6.30. The third-order valence-electron chi connectivity index (χ3n) is 6.80. The molecule has 3 heterocycles. The number of benzene rings is 2. The van der Waals surface area contributed by atoms with Gasteiger partial charge in [-0.25, -0.2) is 4.98 Å². The van der Waals surface area contributed by atoms with Gasteiger partial charge in [0.25, 0.3) is 5.91 Å². The number of para-hydroxylation sites is 1. The summed E-state index contributed by atoms with van der Waals surface area (Å²) in [6.07, 6.45) is 1.59. The molecule has 2 aromatic carbocycles. The van der Waals surface area contributed by atoms with E-state index in [4.69, 9.17) is 21.1 Å². The van der Waals surface area contributed by atoms with Crippen LogP contribution >= 0.6 is 11.6 Å². The molecule has 36 heavy (non-hydrogen) atoms. The smallest absolute Gasteiger partial charge is 0.259 e. The van der Waals surface area contributed by atoms with Crippen molar-refractivity contribution < 1.29 is 14.3 Å². The number of aromatic nitrogens is 1. The molecule has 0 saturated carbocycles. The fraction of sp³-hybridized carbons (Fsp3) is 0.357. The highest BCUT2D eigenvalue weighted by Crippen LogP contribution is 2.39. The Hall–Kier alpha value is -3.29. The van der Waals surface area contributed by atoms with Crippen LogP contribution in [-0.4, -0.2) is 67.8 Å². The second-order valence-corrected chi connectivity index (χ2v) is 9.73. The summed E-state index contributed by atoms with van der Waals surface area (Å²) in [5.74, 6) is 2.19. The van der Waals surface area contributed by atoms with E-state index in [9.17, 15) is 4.79 Å². The molecule has 1 fully saturated rings. The number of piperazine rings is 1. The number of rotatable bonds is 6. The molecule has 2 aliphatic heterocycles. The molecule has 2 aliphatic rings. The maximum Gasteiger partial charge on any atom is 0.259 e. The third kappa shape index (κ3) is 5.27. The first-order valence-electron chi connectivity index (χ1n) is 12.4. The van der Waals surface area contributed by atoms with Gasteiger partial charge >= 0.3 is 0 Å². The summed E-state index contributed by atoms with van der Waals surface area (Å²) in [4.78, 5) is 24.5. The summed E-state index contributed by atoms with van der Waals surface area (Å²) in [5, 5.41) is 0.545. The number of nitrogens with zero attached hydrogens (tertiary/aromatic N) is 4. The van der Waals surface area contributed by atoms with E-state index in [2.05, 4.69) is 27.8 Å². The van der Waals surface area contributed by atoms with Gasteiger partial charge in [0.1, 0.15) is 19.0 Å². The highest BCUT2D eigenvalue weighted by atomic mass is 35.5. The minimum absolute atomic E-state index is 0.0663. The Morgan fingerprint density at radius 3 is 2.50 bits per heavy atom. The first kappa shape index (κ1) is 24.4. The van der Waals surface area contributed by atoms with Gasteiger partial charge in [-0.1, -0.05) is 35.4 Å². The second-order valence-electron chi connectivity index (χ2n) is 9.29. The van der Waals surface area contributed by atoms with E-state index in [-0.39, 0.29) is 11.9 Å². The number of aryl methyl sites for hydroxylation is 1. The van der Waals surface area contributed by atoms with Crippen LogP contribution in [0.25, 0.3) is 0 Å². The number of pyridine rings is 1. The number of ether oxygens (including phenoxy) is 2. The SMILES string of the molecule is Cc1ccc(C(=O)N(C[C@@H](C)N2CCN(c3cccc4c3OCCO4)CC2)c2ccc(Cl)cn2)cc1. The molecule has 3 aromatic rings. The summed E-state index contributed by atoms with van der Waals surface area (Å²) >= 11 is 6.07. The third-order valence-corrected chi connectivity index (χ3v) is 7.03. The van der Waals surface area contributed by atoms with E-state index < -0.39 is 0 Å². The molecule has 0 bridgehead atoms. The van der Waals surface area contributed by atoms with Crippen LogP contribution in [0.3, 0.4) is 0 Å². The van der Waals surface area contributed by atoms with E-state index in [1.807, 2.05) is 43.3 Å². The molecule has 7 nitrogen and oxygen atoms in total. The molecule has 0 radical (unpaired) electrons. The summed E-state index contributed by atoms with van der Waals surface area (Å²) in [6, 6.07) is 17.5. The predicted molar refractivity (Wildman–Crippen MR) is 143 cm³/mol. The molecule has 8 heteroatoms. The maximum atomic E-state index is 13.5. The van der Waals surface area contributed by atoms with Crippen molar-refractivity contribution in [2.24, 2.45) is 0 Å². The van der Waals surface area contributed by atoms with E-state index in [0.29, 0.717) is 36.2 Å². The van der Waals surface area contributed by atoms with Crippen molar-refractivity contribution in [3.05, 3.63) is 76.9 Å². The van der Waals surface area contributed by atoms with E-state index in [0.717, 1.165) is 48.9 Å². The van der Waals surface area contributed by atoms with Gasteiger partial charge in [0.2, 0.25) is 0 Å². The first-order valence-corrected chi connectivity index (χ1v) is 12.7. The molecule has 5 rings (SSSR count). The number of carbonyl (C=O) groups excluding carboxylic acids is 1. The zero-order valence-corrected chi connectivity index (χ0v) is 21.4. The quantitative estimate of drug-likeness (QED) is 0.484. The topological polar surface area (TPSA) is 58.1 Å². The van der Waals surface area contributed by atoms with E-state index >= 15 is 0 Å². The van der Waals surface area contributed by atoms with Crippen LogP contribution in [0.2, 0.25) is 5.02 Å². The summed E-state index contributed by atoms with van der Waals surface area (Å²) < 4.78 is 11.7. The zero-order valence-electron chi connectivity index (χ0n) is 20.7. The number of hydrogen-bond acceptors (Lipinski definition) is 6. The van der Waals surface area contributed by atoms with Gasteiger partial charge in [-0.15, -0.1) is 0 Å². The molecule has 1 aromatic heterocycles. The number of fused-ring (bicyclic) bond motifs is 1. The lowest BCUT2D eigenvalue weighted by Gasteiger charge is -2.41. The van der Waals surface area contributed by atoms with Crippen LogP contribution in [-0.2, 0) is 0 Å². The van der Waals surface area contributed by atoms with Crippen molar-refractivity contribution in [3.63, 3.8) is 0 Å². The standard InChI is InChI=1S/C28H31ClN4O3/c1-20-6-8-22(9-7-20)28(34)33(26-11-10-23(29)18-30-26)19-21(2)31-12-14-32(15-13-31)24-4-3-5-25-27(24)36-17-16-35-25/h3-11,18,21H,12-17,19H2,1-2H3/t21-/m1/s1. The Kier molecular flexibility index (Phi) is 7.30. The van der Waals surface area contributed by atoms with Crippen molar-refractivity contribution in [2.45, 2.75) is 19.9 Å². The summed E-state index contributed by atoms with van der Waals surface area (Å²) in [7, 11) is 0. The highest BCUT2D eigenvalue weighted by Gasteiger charge is 2.28. The van der Waals surface area contributed by atoms with Gasteiger partial charge < -0.3 is 14.4 Å². The minimum Gasteiger partial charge on any atom is -0.486 e. The van der Waals surface area contributed by atoms with Gasteiger partial charge in [-0.3, -0.25) is 14.6 Å². The van der Waals surface area contributed by atoms with Gasteiger partial charge in [0.05, 0.1) is 10.7 Å². The zero-order chi connectivity index (χ0) is 25.1. The second kappa shape index (κ2) is 10.8. The Morgan fingerprint density at radius 2 is 1.78 bits per heavy atom. The van der Waals surface area contributed by atoms with Crippen molar-refractivity contribution in [3.8, 4) is 11.5 Å². The fourth-order valence-electron chi connectivity index (χ4n) is 4.75. The van der Waals surface area contributed by atoms with Crippen molar-refractivity contribution in [1.29, 1.82) is 0 Å². The molecular formula is C28H31ClN4O3. The summed E-state index contributed by atoms with van der Waals surface area (Å²) in [6.45, 7) is 9.37. The van der Waals surface area contributed by atoms with Gasteiger partial charge in [-0.05, 0) is 50.2 Å². The summed E-state index contributed by atoms with van der Waals surface area (Å²) in [5.41, 5.74) is 2.84. The van der Waals surface area contributed by atoms with Gasteiger partial charge in [0, 0.05) is 50.5 Å². The normalized spacial score (nSPS) is 16.5. The van der Waals surface area contributed by atoms with Gasteiger partial charge in [0.15, 0.2) is 11.5 Å². The van der Waals surface area contributed by atoms with E-state index in [1.54, 1.807) is 23.2 Å². The minimum atomic E-state index is -0.0663. The molecule has 0 unspecified atom stereocenters. The Labute approximate surface area is 217 Å². The average molecular weight is 507 g/mol. The van der Waals surface area contributed by atoms with Crippen LogP contribution in [0.4, 0.5) is 11.5 Å². The lowest BCUT2D eigenvalue weighted by Crippen LogP contribution is -2.53. The molecular weight excluding hydrogens is 476 g/mol. The molecule has 1 atom stereocenters.